The Morgan fingerprint density at radius 2 is 1.81 bits per heavy atom. The van der Waals surface area contributed by atoms with Crippen LogP contribution in [0.15, 0.2) is 42.6 Å². The minimum Gasteiger partial charge on any atom is -0.475 e. The summed E-state index contributed by atoms with van der Waals surface area (Å²) >= 11 is 0. The second kappa shape index (κ2) is 6.17. The number of Topliss-reactive ketones (excluding diaryl/α,β-unsaturated/α-hetero) is 2. The fourth-order valence-electron chi connectivity index (χ4n) is 2.09. The van der Waals surface area contributed by atoms with Crippen LogP contribution >= 0.6 is 0 Å². The summed E-state index contributed by atoms with van der Waals surface area (Å²) in [4.78, 5) is 33.7. The van der Waals surface area contributed by atoms with Crippen LogP contribution in [0.5, 0.6) is 0 Å². The van der Waals surface area contributed by atoms with Crippen molar-refractivity contribution in [2.75, 3.05) is 0 Å². The number of hydrogen-bond donors (Lipinski definition) is 1. The molecule has 1 N–H and O–H groups in total. The van der Waals surface area contributed by atoms with E-state index in [1.54, 1.807) is 22.9 Å². The number of benzene rings is 1. The highest BCUT2D eigenvalue weighted by molar-refractivity contribution is 6.37. The normalized spacial score (nSPS) is 10.3. The number of aromatic nitrogens is 1. The van der Waals surface area contributed by atoms with Crippen molar-refractivity contribution >= 4 is 17.5 Å². The standard InChI is InChI=1S/C16H15NO4/c1-11-5-2-3-6-12(11)10-17-8-4-7-13(17)14(18)9-15(19)16(20)21/h2-8H,9-10H2,1H3,(H,20,21). The van der Waals surface area contributed by atoms with Crippen LogP contribution in [0.4, 0.5) is 0 Å². The number of aryl methyl sites for hydroxylation is 1. The molecule has 5 heteroatoms. The second-order valence-electron chi connectivity index (χ2n) is 4.78. The number of rotatable bonds is 6. The van der Waals surface area contributed by atoms with Crippen molar-refractivity contribution in [3.63, 3.8) is 0 Å². The number of carboxylic acid groups (broad SMARTS) is 1. The first-order valence-corrected chi connectivity index (χ1v) is 6.48. The fraction of sp³-hybridized carbons (Fsp3) is 0.188. The molecule has 0 spiro atoms. The highest BCUT2D eigenvalue weighted by Crippen LogP contribution is 2.13. The summed E-state index contributed by atoms with van der Waals surface area (Å²) in [6.07, 6.45) is 1.12. The number of hydrogen-bond acceptors (Lipinski definition) is 3. The molecular formula is C16H15NO4. The Kier molecular flexibility index (Phi) is 4.33. The maximum Gasteiger partial charge on any atom is 0.372 e. The van der Waals surface area contributed by atoms with Crippen LogP contribution < -0.4 is 0 Å². The Morgan fingerprint density at radius 3 is 2.48 bits per heavy atom. The van der Waals surface area contributed by atoms with Gasteiger partial charge in [-0.15, -0.1) is 0 Å². The van der Waals surface area contributed by atoms with Crippen LogP contribution in [0, 0.1) is 6.92 Å². The monoisotopic (exact) mass is 285 g/mol. The first-order chi connectivity index (χ1) is 9.99. The largest absolute Gasteiger partial charge is 0.475 e. The van der Waals surface area contributed by atoms with Crippen molar-refractivity contribution in [1.29, 1.82) is 0 Å². The maximum absolute atomic E-state index is 12.0. The molecule has 108 valence electrons. The Labute approximate surface area is 121 Å². The predicted octanol–water partition coefficient (Wildman–Crippen LogP) is 2.07. The molecule has 0 aliphatic carbocycles. The fourth-order valence-corrected chi connectivity index (χ4v) is 2.09. The van der Waals surface area contributed by atoms with Crippen LogP contribution in [-0.4, -0.2) is 27.2 Å². The third kappa shape index (κ3) is 3.45. The third-order valence-electron chi connectivity index (χ3n) is 3.28. The van der Waals surface area contributed by atoms with E-state index in [0.717, 1.165) is 11.1 Å². The van der Waals surface area contributed by atoms with Gasteiger partial charge in [0, 0.05) is 12.7 Å². The van der Waals surface area contributed by atoms with Crippen LogP contribution in [-0.2, 0) is 16.1 Å². The first-order valence-electron chi connectivity index (χ1n) is 6.48. The first kappa shape index (κ1) is 14.7. The number of carbonyl (C=O) groups is 3. The topological polar surface area (TPSA) is 76.4 Å². The van der Waals surface area contributed by atoms with E-state index >= 15 is 0 Å². The van der Waals surface area contributed by atoms with E-state index in [-0.39, 0.29) is 0 Å². The van der Waals surface area contributed by atoms with Crippen molar-refractivity contribution in [1.82, 2.24) is 4.57 Å². The predicted molar refractivity (Wildman–Crippen MR) is 76.3 cm³/mol. The molecule has 0 unspecified atom stereocenters. The summed E-state index contributed by atoms with van der Waals surface area (Å²) in [7, 11) is 0. The van der Waals surface area contributed by atoms with Gasteiger partial charge in [0.2, 0.25) is 5.78 Å². The minimum atomic E-state index is -1.58. The van der Waals surface area contributed by atoms with Gasteiger partial charge in [-0.25, -0.2) is 4.79 Å². The average molecular weight is 285 g/mol. The van der Waals surface area contributed by atoms with E-state index in [2.05, 4.69) is 0 Å². The molecular weight excluding hydrogens is 270 g/mol. The van der Waals surface area contributed by atoms with Crippen molar-refractivity contribution in [3.05, 3.63) is 59.4 Å². The lowest BCUT2D eigenvalue weighted by Crippen LogP contribution is -2.19. The zero-order chi connectivity index (χ0) is 15.4. The van der Waals surface area contributed by atoms with Crippen LogP contribution in [0.1, 0.15) is 28.0 Å². The lowest BCUT2D eigenvalue weighted by molar-refractivity contribution is -0.148. The van der Waals surface area contributed by atoms with Gasteiger partial charge < -0.3 is 9.67 Å². The van der Waals surface area contributed by atoms with E-state index in [9.17, 15) is 14.4 Å². The molecule has 2 rings (SSSR count). The van der Waals surface area contributed by atoms with E-state index in [1.807, 2.05) is 31.2 Å². The van der Waals surface area contributed by atoms with Crippen LogP contribution in [0.25, 0.3) is 0 Å². The second-order valence-corrected chi connectivity index (χ2v) is 4.78. The van der Waals surface area contributed by atoms with Gasteiger partial charge in [0.15, 0.2) is 5.78 Å². The van der Waals surface area contributed by atoms with Crippen LogP contribution in [0.2, 0.25) is 0 Å². The van der Waals surface area contributed by atoms with E-state index in [4.69, 9.17) is 5.11 Å². The molecule has 0 bridgehead atoms. The zero-order valence-electron chi connectivity index (χ0n) is 11.6. The zero-order valence-corrected chi connectivity index (χ0v) is 11.6. The Bertz CT molecular complexity index is 700. The molecule has 1 aromatic carbocycles. The van der Waals surface area contributed by atoms with Crippen LogP contribution in [0.3, 0.4) is 0 Å². The van der Waals surface area contributed by atoms with Gasteiger partial charge in [0.25, 0.3) is 0 Å². The quantitative estimate of drug-likeness (QED) is 0.501. The van der Waals surface area contributed by atoms with Crippen molar-refractivity contribution < 1.29 is 19.5 Å². The summed E-state index contributed by atoms with van der Waals surface area (Å²) in [5, 5.41) is 8.56. The minimum absolute atomic E-state index is 0.341. The molecule has 5 nitrogen and oxygen atoms in total. The molecule has 1 aromatic heterocycles. The lowest BCUT2D eigenvalue weighted by Gasteiger charge is -2.10. The molecule has 0 amide bonds. The molecule has 21 heavy (non-hydrogen) atoms. The molecule has 0 fully saturated rings. The summed E-state index contributed by atoms with van der Waals surface area (Å²) in [5.74, 6) is -3.16. The SMILES string of the molecule is Cc1ccccc1Cn1cccc1C(=O)CC(=O)C(=O)O. The number of carboxylic acids is 1. The Morgan fingerprint density at radius 1 is 1.10 bits per heavy atom. The van der Waals surface area contributed by atoms with Gasteiger partial charge in [-0.3, -0.25) is 9.59 Å². The third-order valence-corrected chi connectivity index (χ3v) is 3.28. The molecule has 0 saturated heterocycles. The highest BCUT2D eigenvalue weighted by Gasteiger charge is 2.20. The molecule has 0 aliphatic rings. The van der Waals surface area contributed by atoms with Gasteiger partial charge in [0.1, 0.15) is 0 Å². The molecule has 2 aromatic rings. The molecule has 1 heterocycles. The van der Waals surface area contributed by atoms with Crippen molar-refractivity contribution in [2.45, 2.75) is 19.9 Å². The van der Waals surface area contributed by atoms with Gasteiger partial charge in [-0.05, 0) is 30.2 Å². The van der Waals surface area contributed by atoms with Crippen molar-refractivity contribution in [2.24, 2.45) is 0 Å². The Balaban J connectivity index is 2.19. The smallest absolute Gasteiger partial charge is 0.372 e. The molecule has 0 saturated carbocycles. The average Bonchev–Trinajstić information content (AvgIpc) is 2.89. The summed E-state index contributed by atoms with van der Waals surface area (Å²) in [6, 6.07) is 11.1. The molecule has 0 aliphatic heterocycles. The molecule has 0 atom stereocenters. The number of nitrogens with zero attached hydrogens (tertiary/aromatic N) is 1. The van der Waals surface area contributed by atoms with E-state index in [0.29, 0.717) is 12.2 Å². The van der Waals surface area contributed by atoms with E-state index < -0.39 is 24.0 Å². The van der Waals surface area contributed by atoms with Crippen molar-refractivity contribution in [3.8, 4) is 0 Å². The summed E-state index contributed by atoms with van der Waals surface area (Å²) in [5.41, 5.74) is 2.51. The van der Waals surface area contributed by atoms with E-state index in [1.165, 1.54) is 0 Å². The van der Waals surface area contributed by atoms with Gasteiger partial charge in [0.05, 0.1) is 12.1 Å². The summed E-state index contributed by atoms with van der Waals surface area (Å²) < 4.78 is 1.72. The molecule has 0 radical (unpaired) electrons. The Hall–Kier alpha value is -2.69. The highest BCUT2D eigenvalue weighted by atomic mass is 16.4. The maximum atomic E-state index is 12.0. The lowest BCUT2D eigenvalue weighted by atomic mass is 10.1. The van der Waals surface area contributed by atoms with Gasteiger partial charge in [-0.2, -0.15) is 0 Å². The summed E-state index contributed by atoms with van der Waals surface area (Å²) in [6.45, 7) is 2.48. The van der Waals surface area contributed by atoms with Gasteiger partial charge in [-0.1, -0.05) is 24.3 Å². The number of ketones is 2. The number of carbonyl (C=O) groups excluding carboxylic acids is 2. The number of aliphatic carboxylic acids is 1. The van der Waals surface area contributed by atoms with Gasteiger partial charge >= 0.3 is 5.97 Å².